The highest BCUT2D eigenvalue weighted by Crippen LogP contribution is 2.30. The standard InChI is InChI=1S/C13H11ClO4/c1-7-3-13(16)18-11-5-10(14)12(4-9(7)11)17-6-8(2)15/h3-5H,6H2,1-2H3. The maximum absolute atomic E-state index is 11.2. The molecule has 0 unspecified atom stereocenters. The van der Waals surface area contributed by atoms with Crippen molar-refractivity contribution in [1.82, 2.24) is 0 Å². The lowest BCUT2D eigenvalue weighted by Crippen LogP contribution is -2.07. The van der Waals surface area contributed by atoms with Crippen LogP contribution in [0.1, 0.15) is 12.5 Å². The van der Waals surface area contributed by atoms with Crippen molar-refractivity contribution >= 4 is 28.4 Å². The second-order valence-electron chi connectivity index (χ2n) is 4.02. The van der Waals surface area contributed by atoms with Gasteiger partial charge in [-0.25, -0.2) is 4.79 Å². The Balaban J connectivity index is 2.54. The normalized spacial score (nSPS) is 10.6. The number of ketones is 1. The van der Waals surface area contributed by atoms with Crippen molar-refractivity contribution in [2.24, 2.45) is 0 Å². The summed E-state index contributed by atoms with van der Waals surface area (Å²) in [5, 5.41) is 1.04. The predicted molar refractivity (Wildman–Crippen MR) is 68.4 cm³/mol. The Hall–Kier alpha value is -1.81. The van der Waals surface area contributed by atoms with Crippen molar-refractivity contribution in [1.29, 1.82) is 0 Å². The van der Waals surface area contributed by atoms with E-state index in [1.54, 1.807) is 13.0 Å². The van der Waals surface area contributed by atoms with E-state index in [0.717, 1.165) is 10.9 Å². The molecule has 2 rings (SSSR count). The summed E-state index contributed by atoms with van der Waals surface area (Å²) in [5.74, 6) is 0.304. The van der Waals surface area contributed by atoms with E-state index in [1.807, 2.05) is 0 Å². The molecule has 0 aliphatic heterocycles. The predicted octanol–water partition coefficient (Wildman–Crippen LogP) is 2.72. The molecule has 0 spiro atoms. The van der Waals surface area contributed by atoms with Gasteiger partial charge in [-0.3, -0.25) is 4.79 Å². The van der Waals surface area contributed by atoms with Crippen LogP contribution in [0.2, 0.25) is 5.02 Å². The second kappa shape index (κ2) is 4.82. The summed E-state index contributed by atoms with van der Waals surface area (Å²) in [5.41, 5.74) is 0.749. The Morgan fingerprint density at radius 2 is 2.11 bits per heavy atom. The molecule has 0 amide bonds. The summed E-state index contributed by atoms with van der Waals surface area (Å²) in [6, 6.07) is 4.57. The molecule has 1 aromatic carbocycles. The summed E-state index contributed by atoms with van der Waals surface area (Å²) in [7, 11) is 0. The van der Waals surface area contributed by atoms with Crippen LogP contribution in [0, 0.1) is 6.92 Å². The average Bonchev–Trinajstić information content (AvgIpc) is 2.26. The van der Waals surface area contributed by atoms with Crippen LogP contribution in [0.25, 0.3) is 11.0 Å². The molecule has 18 heavy (non-hydrogen) atoms. The summed E-state index contributed by atoms with van der Waals surface area (Å²) in [4.78, 5) is 22.1. The molecular formula is C13H11ClO4. The fourth-order valence-corrected chi connectivity index (χ4v) is 1.82. The van der Waals surface area contributed by atoms with E-state index in [9.17, 15) is 9.59 Å². The van der Waals surface area contributed by atoms with Gasteiger partial charge in [0.15, 0.2) is 5.78 Å². The maximum Gasteiger partial charge on any atom is 0.336 e. The highest BCUT2D eigenvalue weighted by Gasteiger charge is 2.09. The minimum atomic E-state index is -0.423. The third-order valence-electron chi connectivity index (χ3n) is 2.43. The molecule has 1 heterocycles. The maximum atomic E-state index is 11.2. The van der Waals surface area contributed by atoms with Gasteiger partial charge in [0.2, 0.25) is 0 Å². The van der Waals surface area contributed by atoms with Crippen molar-refractivity contribution < 1.29 is 13.9 Å². The summed E-state index contributed by atoms with van der Waals surface area (Å²) < 4.78 is 10.3. The molecule has 5 heteroatoms. The first kappa shape index (κ1) is 12.6. The molecule has 0 radical (unpaired) electrons. The van der Waals surface area contributed by atoms with Crippen molar-refractivity contribution in [3.05, 3.63) is 39.2 Å². The number of carbonyl (C=O) groups is 1. The van der Waals surface area contributed by atoms with Gasteiger partial charge in [0.25, 0.3) is 0 Å². The number of ether oxygens (including phenoxy) is 1. The molecule has 0 atom stereocenters. The Kier molecular flexibility index (Phi) is 3.39. The largest absolute Gasteiger partial charge is 0.484 e. The first-order valence-electron chi connectivity index (χ1n) is 5.33. The smallest absolute Gasteiger partial charge is 0.336 e. The Labute approximate surface area is 108 Å². The molecule has 2 aromatic rings. The van der Waals surface area contributed by atoms with Gasteiger partial charge in [0, 0.05) is 17.5 Å². The molecular weight excluding hydrogens is 256 g/mol. The molecule has 0 bridgehead atoms. The molecule has 0 fully saturated rings. The van der Waals surface area contributed by atoms with Crippen LogP contribution in [0.5, 0.6) is 5.75 Å². The van der Waals surface area contributed by atoms with E-state index in [0.29, 0.717) is 16.4 Å². The second-order valence-corrected chi connectivity index (χ2v) is 4.43. The van der Waals surface area contributed by atoms with Crippen LogP contribution in [-0.2, 0) is 4.79 Å². The zero-order valence-electron chi connectivity index (χ0n) is 9.95. The van der Waals surface area contributed by atoms with E-state index in [2.05, 4.69) is 0 Å². The van der Waals surface area contributed by atoms with E-state index in [-0.39, 0.29) is 12.4 Å². The van der Waals surface area contributed by atoms with E-state index in [1.165, 1.54) is 19.1 Å². The first-order valence-corrected chi connectivity index (χ1v) is 5.71. The Bertz CT molecular complexity index is 672. The van der Waals surface area contributed by atoms with Gasteiger partial charge < -0.3 is 9.15 Å². The minimum absolute atomic E-state index is 0.0406. The highest BCUT2D eigenvalue weighted by molar-refractivity contribution is 6.32. The number of hydrogen-bond acceptors (Lipinski definition) is 4. The molecule has 0 N–H and O–H groups in total. The number of hydrogen-bond donors (Lipinski definition) is 0. The lowest BCUT2D eigenvalue weighted by Gasteiger charge is -2.08. The van der Waals surface area contributed by atoms with Crippen molar-refractivity contribution in [2.45, 2.75) is 13.8 Å². The van der Waals surface area contributed by atoms with Gasteiger partial charge in [-0.2, -0.15) is 0 Å². The van der Waals surface area contributed by atoms with E-state index in [4.69, 9.17) is 20.8 Å². The van der Waals surface area contributed by atoms with Crippen LogP contribution >= 0.6 is 11.6 Å². The third kappa shape index (κ3) is 2.54. The molecule has 0 aliphatic carbocycles. The van der Waals surface area contributed by atoms with Gasteiger partial charge in [-0.05, 0) is 25.5 Å². The lowest BCUT2D eigenvalue weighted by molar-refractivity contribution is -0.118. The number of fused-ring (bicyclic) bond motifs is 1. The Morgan fingerprint density at radius 1 is 1.39 bits per heavy atom. The summed E-state index contributed by atoms with van der Waals surface area (Å²) in [6.45, 7) is 3.18. The van der Waals surface area contributed by atoms with Crippen molar-refractivity contribution in [3.8, 4) is 5.75 Å². The fraction of sp³-hybridized carbons (Fsp3) is 0.231. The van der Waals surface area contributed by atoms with Gasteiger partial charge in [0.1, 0.15) is 17.9 Å². The van der Waals surface area contributed by atoms with E-state index >= 15 is 0 Å². The molecule has 0 saturated heterocycles. The lowest BCUT2D eigenvalue weighted by atomic mass is 10.1. The molecule has 0 saturated carbocycles. The zero-order chi connectivity index (χ0) is 13.3. The zero-order valence-corrected chi connectivity index (χ0v) is 10.7. The first-order chi connectivity index (χ1) is 8.47. The van der Waals surface area contributed by atoms with Gasteiger partial charge in [-0.15, -0.1) is 0 Å². The SMILES string of the molecule is CC(=O)COc1cc2c(C)cc(=O)oc2cc1Cl. The number of benzene rings is 1. The van der Waals surface area contributed by atoms with Crippen LogP contribution in [0.15, 0.2) is 27.4 Å². The Morgan fingerprint density at radius 3 is 2.78 bits per heavy atom. The topological polar surface area (TPSA) is 56.5 Å². The molecule has 1 aromatic heterocycles. The van der Waals surface area contributed by atoms with Crippen molar-refractivity contribution in [3.63, 3.8) is 0 Å². The van der Waals surface area contributed by atoms with Gasteiger partial charge >= 0.3 is 5.63 Å². The molecule has 94 valence electrons. The van der Waals surface area contributed by atoms with Crippen molar-refractivity contribution in [2.75, 3.05) is 6.61 Å². The number of Topliss-reactive ketones (excluding diaryl/α,β-unsaturated/α-hetero) is 1. The molecule has 0 aliphatic rings. The van der Waals surface area contributed by atoms with Crippen LogP contribution in [0.4, 0.5) is 0 Å². The van der Waals surface area contributed by atoms with E-state index < -0.39 is 5.63 Å². The van der Waals surface area contributed by atoms with Gasteiger partial charge in [-0.1, -0.05) is 11.6 Å². The molecule has 4 nitrogen and oxygen atoms in total. The monoisotopic (exact) mass is 266 g/mol. The average molecular weight is 267 g/mol. The number of halogens is 1. The number of rotatable bonds is 3. The quantitative estimate of drug-likeness (QED) is 0.802. The van der Waals surface area contributed by atoms with Gasteiger partial charge in [0.05, 0.1) is 5.02 Å². The summed E-state index contributed by atoms with van der Waals surface area (Å²) >= 11 is 5.99. The van der Waals surface area contributed by atoms with Crippen LogP contribution < -0.4 is 10.4 Å². The number of aryl methyl sites for hydroxylation is 1. The van der Waals surface area contributed by atoms with Crippen LogP contribution in [0.3, 0.4) is 0 Å². The fourth-order valence-electron chi connectivity index (χ4n) is 1.61. The minimum Gasteiger partial charge on any atom is -0.484 e. The third-order valence-corrected chi connectivity index (χ3v) is 2.73. The number of carbonyl (C=O) groups excluding carboxylic acids is 1. The van der Waals surface area contributed by atoms with Crippen LogP contribution in [-0.4, -0.2) is 12.4 Å². The highest BCUT2D eigenvalue weighted by atomic mass is 35.5. The summed E-state index contributed by atoms with van der Waals surface area (Å²) in [6.07, 6.45) is 0.